The summed E-state index contributed by atoms with van der Waals surface area (Å²) >= 11 is 0. The molecule has 1 unspecified atom stereocenters. The Labute approximate surface area is 169 Å². The highest BCUT2D eigenvalue weighted by atomic mass is 16.5. The molecule has 2 aliphatic rings. The van der Waals surface area contributed by atoms with E-state index in [1.807, 2.05) is 20.8 Å². The highest BCUT2D eigenvalue weighted by Crippen LogP contribution is 2.29. The monoisotopic (exact) mass is 395 g/mol. The van der Waals surface area contributed by atoms with Gasteiger partial charge in [-0.25, -0.2) is 14.6 Å². The smallest absolute Gasteiger partial charge is 0.421 e. The summed E-state index contributed by atoms with van der Waals surface area (Å²) < 4.78 is 12.5. The Bertz CT molecular complexity index is 1010. The Balaban J connectivity index is 1.94. The average molecular weight is 395 g/mol. The summed E-state index contributed by atoms with van der Waals surface area (Å²) in [4.78, 5) is 27.0. The van der Waals surface area contributed by atoms with Crippen LogP contribution in [0.15, 0.2) is 59.0 Å². The van der Waals surface area contributed by atoms with Gasteiger partial charge in [0.25, 0.3) is 0 Å². The number of rotatable bonds is 6. The van der Waals surface area contributed by atoms with Gasteiger partial charge in [0.2, 0.25) is 5.88 Å². The van der Waals surface area contributed by atoms with Gasteiger partial charge in [0, 0.05) is 29.8 Å². The molecule has 1 aromatic rings. The minimum Gasteiger partial charge on any atom is -0.494 e. The molecule has 3 heterocycles. The maximum atomic E-state index is 12.4. The lowest BCUT2D eigenvalue weighted by Crippen LogP contribution is -2.21. The van der Waals surface area contributed by atoms with Gasteiger partial charge in [-0.05, 0) is 38.5 Å². The molecule has 0 spiro atoms. The Morgan fingerprint density at radius 3 is 2.97 bits per heavy atom. The number of carboxylic acids is 1. The van der Waals surface area contributed by atoms with Crippen LogP contribution in [0.5, 0.6) is 5.88 Å². The van der Waals surface area contributed by atoms with E-state index in [1.54, 1.807) is 18.2 Å². The third-order valence-electron chi connectivity index (χ3n) is 4.55. The van der Waals surface area contributed by atoms with E-state index in [9.17, 15) is 9.59 Å². The van der Waals surface area contributed by atoms with E-state index in [2.05, 4.69) is 16.9 Å². The Morgan fingerprint density at radius 1 is 1.41 bits per heavy atom. The van der Waals surface area contributed by atoms with E-state index in [0.29, 0.717) is 0 Å². The molecule has 1 amide bonds. The number of hydrogen-bond acceptors (Lipinski definition) is 5. The number of aromatic nitrogens is 1. The standard InChI is InChI=1S/C22H22N2O5/c1-14-4-5-15(2)29-16(3)22(14)18-6-7-20(25)24(12-18)11-17-8-9-23-19(10-17)28-13-21(26)27/h4,6-10,15H,5,11,13H2,1-3H3/p+1. The van der Waals surface area contributed by atoms with Gasteiger partial charge in [-0.3, -0.25) is 0 Å². The third-order valence-corrected chi connectivity index (χ3v) is 4.55. The zero-order valence-electron chi connectivity index (χ0n) is 16.6. The molecule has 150 valence electrons. The van der Waals surface area contributed by atoms with Gasteiger partial charge in [0.05, 0.1) is 17.8 Å². The molecule has 0 fully saturated rings. The molecule has 0 saturated carbocycles. The van der Waals surface area contributed by atoms with Gasteiger partial charge in [-0.15, -0.1) is 4.58 Å². The maximum Gasteiger partial charge on any atom is 0.421 e. The Hall–Kier alpha value is -3.44. The van der Waals surface area contributed by atoms with Crippen molar-refractivity contribution < 1.29 is 28.7 Å². The van der Waals surface area contributed by atoms with Crippen LogP contribution in [0.1, 0.15) is 32.8 Å². The minimum absolute atomic E-state index is 0.0920. The topological polar surface area (TPSA) is 88.7 Å². The minimum atomic E-state index is -1.08. The first-order valence-corrected chi connectivity index (χ1v) is 9.31. The first-order valence-electron chi connectivity index (χ1n) is 9.31. The lowest BCUT2D eigenvalue weighted by atomic mass is 9.97. The predicted octanol–water partition coefficient (Wildman–Crippen LogP) is 2.78. The third kappa shape index (κ3) is 5.09. The summed E-state index contributed by atoms with van der Waals surface area (Å²) in [6.07, 6.45) is 7.83. The molecule has 0 aliphatic carbocycles. The second-order valence-electron chi connectivity index (χ2n) is 6.95. The molecular formula is C22H23N2O5+. The quantitative estimate of drug-likeness (QED) is 0.745. The molecule has 0 bridgehead atoms. The van der Waals surface area contributed by atoms with Crippen molar-refractivity contribution in [2.24, 2.45) is 0 Å². The van der Waals surface area contributed by atoms with Crippen LogP contribution in [0.25, 0.3) is 0 Å². The molecule has 1 aromatic heterocycles. The van der Waals surface area contributed by atoms with Crippen LogP contribution in [-0.4, -0.2) is 45.1 Å². The molecule has 1 atom stereocenters. The lowest BCUT2D eigenvalue weighted by Gasteiger charge is -2.14. The average Bonchev–Trinajstić information content (AvgIpc) is 2.80. The number of nitrogens with zero attached hydrogens (tertiary/aromatic N) is 2. The Morgan fingerprint density at radius 2 is 2.21 bits per heavy atom. The van der Waals surface area contributed by atoms with E-state index < -0.39 is 12.6 Å². The first kappa shape index (κ1) is 20.3. The fourth-order valence-corrected chi connectivity index (χ4v) is 3.22. The van der Waals surface area contributed by atoms with Gasteiger partial charge in [0.15, 0.2) is 19.0 Å². The van der Waals surface area contributed by atoms with Gasteiger partial charge in [-0.2, -0.15) is 0 Å². The van der Waals surface area contributed by atoms with Crippen molar-refractivity contribution in [3.63, 3.8) is 0 Å². The van der Waals surface area contributed by atoms with Crippen LogP contribution in [-0.2, 0) is 20.9 Å². The van der Waals surface area contributed by atoms with Crippen molar-refractivity contribution in [3.05, 3.63) is 64.6 Å². The molecule has 2 aliphatic heterocycles. The van der Waals surface area contributed by atoms with Crippen molar-refractivity contribution >= 4 is 17.7 Å². The number of amides is 1. The summed E-state index contributed by atoms with van der Waals surface area (Å²) in [6, 6.07) is 3.36. The number of allylic oxidation sites excluding steroid dienone is 5. The van der Waals surface area contributed by atoms with Crippen molar-refractivity contribution in [2.75, 3.05) is 6.61 Å². The second-order valence-corrected chi connectivity index (χ2v) is 6.95. The van der Waals surface area contributed by atoms with E-state index in [1.165, 1.54) is 16.8 Å². The number of carbonyl (C=O) groups excluding carboxylic acids is 1. The molecule has 0 saturated heterocycles. The second kappa shape index (κ2) is 8.71. The number of hydrogen-bond donors (Lipinski definition) is 1. The van der Waals surface area contributed by atoms with Crippen LogP contribution in [0.4, 0.5) is 0 Å². The van der Waals surface area contributed by atoms with Crippen molar-refractivity contribution in [2.45, 2.75) is 39.8 Å². The largest absolute Gasteiger partial charge is 0.494 e. The molecule has 0 radical (unpaired) electrons. The van der Waals surface area contributed by atoms with E-state index in [0.717, 1.165) is 34.5 Å². The van der Waals surface area contributed by atoms with Crippen LogP contribution < -0.4 is 4.74 Å². The summed E-state index contributed by atoms with van der Waals surface area (Å²) in [6.45, 7) is 5.75. The summed E-state index contributed by atoms with van der Waals surface area (Å²) in [5, 5.41) is 8.73. The number of aliphatic carboxylic acids is 1. The number of pyridine rings is 1. The van der Waals surface area contributed by atoms with Crippen LogP contribution in [0.3, 0.4) is 0 Å². The van der Waals surface area contributed by atoms with E-state index in [-0.39, 0.29) is 24.4 Å². The highest BCUT2D eigenvalue weighted by Gasteiger charge is 2.24. The van der Waals surface area contributed by atoms with E-state index >= 15 is 0 Å². The highest BCUT2D eigenvalue weighted by molar-refractivity contribution is 5.89. The van der Waals surface area contributed by atoms with E-state index in [4.69, 9.17) is 14.6 Å². The Kier molecular flexibility index (Phi) is 6.10. The van der Waals surface area contributed by atoms with Crippen LogP contribution >= 0.6 is 0 Å². The summed E-state index contributed by atoms with van der Waals surface area (Å²) in [5.74, 6) is 2.90. The predicted molar refractivity (Wildman–Crippen MR) is 106 cm³/mol. The zero-order chi connectivity index (χ0) is 21.0. The number of carbonyl (C=O) groups is 2. The van der Waals surface area contributed by atoms with Crippen molar-refractivity contribution in [3.8, 4) is 5.88 Å². The van der Waals surface area contributed by atoms with Gasteiger partial charge >= 0.3 is 11.9 Å². The van der Waals surface area contributed by atoms with Crippen LogP contribution in [0.2, 0.25) is 0 Å². The zero-order valence-corrected chi connectivity index (χ0v) is 16.6. The van der Waals surface area contributed by atoms with Gasteiger partial charge < -0.3 is 14.6 Å². The summed E-state index contributed by atoms with van der Waals surface area (Å²) in [7, 11) is 0. The molecule has 1 N–H and O–H groups in total. The molecule has 7 heteroatoms. The molecular weight excluding hydrogens is 372 g/mol. The lowest BCUT2D eigenvalue weighted by molar-refractivity contribution is -0.453. The maximum absolute atomic E-state index is 12.4. The molecule has 3 rings (SSSR count). The fourth-order valence-electron chi connectivity index (χ4n) is 3.22. The van der Waals surface area contributed by atoms with Crippen molar-refractivity contribution in [1.29, 1.82) is 0 Å². The number of carboxylic acid groups (broad SMARTS) is 1. The van der Waals surface area contributed by atoms with Crippen LogP contribution in [0, 0.1) is 0 Å². The molecule has 7 nitrogen and oxygen atoms in total. The van der Waals surface area contributed by atoms with Gasteiger partial charge in [0.1, 0.15) is 5.76 Å². The molecule has 29 heavy (non-hydrogen) atoms. The summed E-state index contributed by atoms with van der Waals surface area (Å²) in [5.41, 5.74) is 3.55. The first-order chi connectivity index (χ1) is 13.8. The number of ether oxygens (including phenoxy) is 2. The fraction of sp³-hybridized carbons (Fsp3) is 0.318. The van der Waals surface area contributed by atoms with Crippen molar-refractivity contribution in [1.82, 2.24) is 4.98 Å². The normalized spacial score (nSPS) is 19.1. The SMILES string of the molecule is CC1=CCC(C)OC(C)=C1C1=C=[N+](Cc2ccnc(OCC(=O)O)c2)C(=O)C=C1. The van der Waals surface area contributed by atoms with Gasteiger partial charge in [-0.1, -0.05) is 6.08 Å². The molecule has 0 aromatic carbocycles.